The summed E-state index contributed by atoms with van der Waals surface area (Å²) < 4.78 is 7.40. The molecule has 0 fully saturated rings. The van der Waals surface area contributed by atoms with Gasteiger partial charge in [0.1, 0.15) is 12.3 Å². The summed E-state index contributed by atoms with van der Waals surface area (Å²) in [6, 6.07) is 14.7. The topological polar surface area (TPSA) is 106 Å². The van der Waals surface area contributed by atoms with Crippen LogP contribution in [0.4, 0.5) is 11.4 Å². The van der Waals surface area contributed by atoms with Crippen molar-refractivity contribution in [2.45, 2.75) is 11.7 Å². The third-order valence-electron chi connectivity index (χ3n) is 4.93. The minimum atomic E-state index is -0.220. The third kappa shape index (κ3) is 4.00. The van der Waals surface area contributed by atoms with Gasteiger partial charge in [-0.3, -0.25) is 19.1 Å². The van der Waals surface area contributed by atoms with Gasteiger partial charge in [-0.2, -0.15) is 0 Å². The van der Waals surface area contributed by atoms with Crippen molar-refractivity contribution in [1.82, 2.24) is 19.7 Å². The highest BCUT2D eigenvalue weighted by Crippen LogP contribution is 2.30. The van der Waals surface area contributed by atoms with Crippen LogP contribution in [0.25, 0.3) is 11.4 Å². The minimum absolute atomic E-state index is 0.0174. The van der Waals surface area contributed by atoms with E-state index in [-0.39, 0.29) is 24.1 Å². The highest BCUT2D eigenvalue weighted by Gasteiger charge is 2.27. The van der Waals surface area contributed by atoms with Crippen LogP contribution in [0, 0.1) is 0 Å². The van der Waals surface area contributed by atoms with Gasteiger partial charge in [0, 0.05) is 18.0 Å². The second-order valence-corrected chi connectivity index (χ2v) is 7.99. The lowest BCUT2D eigenvalue weighted by Gasteiger charge is -2.29. The molecule has 1 aliphatic rings. The normalized spacial score (nSPS) is 13.0. The minimum Gasteiger partial charge on any atom is -0.467 e. The SMILES string of the molecule is O=C1CN(C(=O)CSc2nnc(-c3cccnc3)n2Cc2ccco2)c2ccccc2N1. The molecule has 32 heavy (non-hydrogen) atoms. The number of para-hydroxylation sites is 2. The molecule has 0 saturated carbocycles. The van der Waals surface area contributed by atoms with Crippen molar-refractivity contribution in [3.8, 4) is 11.4 Å². The Balaban J connectivity index is 1.39. The van der Waals surface area contributed by atoms with Crippen molar-refractivity contribution >= 4 is 35.0 Å². The molecule has 0 unspecified atom stereocenters. The average molecular weight is 446 g/mol. The molecule has 9 nitrogen and oxygen atoms in total. The predicted molar refractivity (Wildman–Crippen MR) is 119 cm³/mol. The lowest BCUT2D eigenvalue weighted by atomic mass is 10.2. The van der Waals surface area contributed by atoms with E-state index >= 15 is 0 Å². The summed E-state index contributed by atoms with van der Waals surface area (Å²) in [5.41, 5.74) is 2.12. The number of carbonyl (C=O) groups is 2. The Morgan fingerprint density at radius 2 is 2.03 bits per heavy atom. The van der Waals surface area contributed by atoms with E-state index in [1.54, 1.807) is 24.7 Å². The van der Waals surface area contributed by atoms with Gasteiger partial charge in [0.25, 0.3) is 0 Å². The first-order valence-electron chi connectivity index (χ1n) is 9.87. The number of hydrogen-bond donors (Lipinski definition) is 1. The third-order valence-corrected chi connectivity index (χ3v) is 5.88. The summed E-state index contributed by atoms with van der Waals surface area (Å²) >= 11 is 1.27. The molecule has 0 saturated heterocycles. The monoisotopic (exact) mass is 446 g/mol. The molecular weight excluding hydrogens is 428 g/mol. The molecule has 1 aromatic carbocycles. The zero-order valence-corrected chi connectivity index (χ0v) is 17.7. The standard InChI is InChI=1S/C22H18N6O3S/c29-19-13-27(18-8-2-1-7-17(18)24-19)20(30)14-32-22-26-25-21(15-5-3-9-23-11-15)28(22)12-16-6-4-10-31-16/h1-11H,12-14H2,(H,24,29). The quantitative estimate of drug-likeness (QED) is 0.454. The van der Waals surface area contributed by atoms with E-state index in [1.165, 1.54) is 16.7 Å². The van der Waals surface area contributed by atoms with E-state index in [1.807, 2.05) is 47.0 Å². The number of rotatable bonds is 6. The predicted octanol–water partition coefficient (Wildman–Crippen LogP) is 3.06. The van der Waals surface area contributed by atoms with E-state index in [9.17, 15) is 9.59 Å². The first kappa shape index (κ1) is 20.0. The van der Waals surface area contributed by atoms with Crippen molar-refractivity contribution in [2.24, 2.45) is 0 Å². The van der Waals surface area contributed by atoms with Gasteiger partial charge < -0.3 is 14.6 Å². The summed E-state index contributed by atoms with van der Waals surface area (Å²) in [5.74, 6) is 1.07. The molecule has 1 aliphatic heterocycles. The number of aromatic nitrogens is 4. The maximum atomic E-state index is 13.0. The van der Waals surface area contributed by atoms with Crippen LogP contribution in [0.5, 0.6) is 0 Å². The number of pyridine rings is 1. The fourth-order valence-electron chi connectivity index (χ4n) is 3.46. The first-order chi connectivity index (χ1) is 15.7. The summed E-state index contributed by atoms with van der Waals surface area (Å²) in [6.07, 6.45) is 5.02. The van der Waals surface area contributed by atoms with Crippen molar-refractivity contribution in [2.75, 3.05) is 22.5 Å². The van der Waals surface area contributed by atoms with Gasteiger partial charge in [-0.05, 0) is 36.4 Å². The van der Waals surface area contributed by atoms with Gasteiger partial charge in [-0.15, -0.1) is 10.2 Å². The van der Waals surface area contributed by atoms with E-state index in [0.717, 1.165) is 11.3 Å². The number of carbonyl (C=O) groups excluding carboxylic acids is 2. The maximum Gasteiger partial charge on any atom is 0.244 e. The van der Waals surface area contributed by atoms with Crippen molar-refractivity contribution < 1.29 is 14.0 Å². The molecule has 0 aliphatic carbocycles. The van der Waals surface area contributed by atoms with Gasteiger partial charge in [-0.25, -0.2) is 0 Å². The Bertz CT molecular complexity index is 1260. The molecule has 160 valence electrons. The molecule has 0 bridgehead atoms. The van der Waals surface area contributed by atoms with Gasteiger partial charge in [0.05, 0.1) is 29.9 Å². The number of benzene rings is 1. The van der Waals surface area contributed by atoms with Gasteiger partial charge in [-0.1, -0.05) is 23.9 Å². The Morgan fingerprint density at radius 3 is 2.84 bits per heavy atom. The zero-order valence-electron chi connectivity index (χ0n) is 16.8. The van der Waals surface area contributed by atoms with Crippen LogP contribution in [0.15, 0.2) is 76.8 Å². The molecule has 0 radical (unpaired) electrons. The fourth-order valence-corrected chi connectivity index (χ4v) is 4.28. The molecular formula is C22H18N6O3S. The Hall–Kier alpha value is -3.92. The number of furan rings is 1. The Labute approximate surface area is 187 Å². The van der Waals surface area contributed by atoms with E-state index in [0.29, 0.717) is 28.9 Å². The molecule has 4 aromatic rings. The van der Waals surface area contributed by atoms with Crippen LogP contribution < -0.4 is 10.2 Å². The Kier molecular flexibility index (Phi) is 5.42. The van der Waals surface area contributed by atoms with Crippen molar-refractivity contribution in [1.29, 1.82) is 0 Å². The number of fused-ring (bicyclic) bond motifs is 1. The second kappa shape index (κ2) is 8.67. The van der Waals surface area contributed by atoms with E-state index < -0.39 is 0 Å². The van der Waals surface area contributed by atoms with Gasteiger partial charge in [0.2, 0.25) is 11.8 Å². The van der Waals surface area contributed by atoms with Crippen LogP contribution in [0.3, 0.4) is 0 Å². The fraction of sp³-hybridized carbons (Fsp3) is 0.136. The molecule has 1 N–H and O–H groups in total. The van der Waals surface area contributed by atoms with Crippen LogP contribution in [-0.4, -0.2) is 43.9 Å². The van der Waals surface area contributed by atoms with Crippen LogP contribution in [0.1, 0.15) is 5.76 Å². The van der Waals surface area contributed by atoms with Gasteiger partial charge in [0.15, 0.2) is 11.0 Å². The summed E-state index contributed by atoms with van der Waals surface area (Å²) in [4.78, 5) is 30.7. The van der Waals surface area contributed by atoms with Crippen LogP contribution >= 0.6 is 11.8 Å². The molecule has 0 atom stereocenters. The zero-order chi connectivity index (χ0) is 21.9. The average Bonchev–Trinajstić information content (AvgIpc) is 3.48. The summed E-state index contributed by atoms with van der Waals surface area (Å²) in [5, 5.41) is 12.0. The number of nitrogens with zero attached hydrogens (tertiary/aromatic N) is 5. The molecule has 3 aromatic heterocycles. The number of thioether (sulfide) groups is 1. The molecule has 0 spiro atoms. The first-order valence-corrected chi connectivity index (χ1v) is 10.9. The van der Waals surface area contributed by atoms with Gasteiger partial charge >= 0.3 is 0 Å². The van der Waals surface area contributed by atoms with E-state index in [2.05, 4.69) is 20.5 Å². The summed E-state index contributed by atoms with van der Waals surface area (Å²) in [6.45, 7) is 0.395. The van der Waals surface area contributed by atoms with Crippen LogP contribution in [0.2, 0.25) is 0 Å². The highest BCUT2D eigenvalue weighted by molar-refractivity contribution is 7.99. The van der Waals surface area contributed by atoms with Crippen LogP contribution in [-0.2, 0) is 16.1 Å². The Morgan fingerprint density at radius 1 is 1.12 bits per heavy atom. The number of amides is 2. The lowest BCUT2D eigenvalue weighted by molar-refractivity contribution is -0.120. The number of nitrogens with one attached hydrogen (secondary N) is 1. The molecule has 4 heterocycles. The van der Waals surface area contributed by atoms with Crippen molar-refractivity contribution in [3.63, 3.8) is 0 Å². The van der Waals surface area contributed by atoms with Crippen molar-refractivity contribution in [3.05, 3.63) is 72.9 Å². The molecule has 2 amide bonds. The lowest BCUT2D eigenvalue weighted by Crippen LogP contribution is -2.43. The number of anilines is 2. The molecule has 5 rings (SSSR count). The smallest absolute Gasteiger partial charge is 0.244 e. The molecule has 10 heteroatoms. The second-order valence-electron chi connectivity index (χ2n) is 7.05. The largest absolute Gasteiger partial charge is 0.467 e. The maximum absolute atomic E-state index is 13.0. The number of hydrogen-bond acceptors (Lipinski definition) is 7. The highest BCUT2D eigenvalue weighted by atomic mass is 32.2. The summed E-state index contributed by atoms with van der Waals surface area (Å²) in [7, 11) is 0. The van der Waals surface area contributed by atoms with E-state index in [4.69, 9.17) is 4.42 Å².